The Balaban J connectivity index is 1.36. The molecular weight excluding hydrogens is 482 g/mol. The summed E-state index contributed by atoms with van der Waals surface area (Å²) in [5.74, 6) is -1.15. The number of benzene rings is 3. The summed E-state index contributed by atoms with van der Waals surface area (Å²) in [6.45, 7) is 0.615. The second-order valence-corrected chi connectivity index (χ2v) is 8.91. The first-order chi connectivity index (χ1) is 18.6. The molecule has 3 N–H and O–H groups in total. The molecule has 2 atom stereocenters. The van der Waals surface area contributed by atoms with Crippen LogP contribution in [0.2, 0.25) is 0 Å². The van der Waals surface area contributed by atoms with Gasteiger partial charge in [0.15, 0.2) is 6.29 Å². The Morgan fingerprint density at radius 3 is 2.32 bits per heavy atom. The second kappa shape index (κ2) is 13.9. The van der Waals surface area contributed by atoms with E-state index < -0.39 is 18.2 Å². The van der Waals surface area contributed by atoms with Crippen molar-refractivity contribution < 1.29 is 24.0 Å². The van der Waals surface area contributed by atoms with Gasteiger partial charge in [-0.05, 0) is 54.3 Å². The lowest BCUT2D eigenvalue weighted by atomic mass is 10.0. The zero-order valence-electron chi connectivity index (χ0n) is 21.0. The number of hydrogen-bond donors (Lipinski definition) is 3. The fourth-order valence-electron chi connectivity index (χ4n) is 3.93. The van der Waals surface area contributed by atoms with Crippen molar-refractivity contribution >= 4 is 29.5 Å². The van der Waals surface area contributed by atoms with Gasteiger partial charge in [0.25, 0.3) is 5.91 Å². The summed E-state index contributed by atoms with van der Waals surface area (Å²) in [6.07, 6.45) is 5.69. The van der Waals surface area contributed by atoms with Gasteiger partial charge in [-0.25, -0.2) is 10.3 Å². The van der Waals surface area contributed by atoms with E-state index in [1.807, 2.05) is 60.7 Å². The number of hydrogen-bond acceptors (Lipinski definition) is 5. The molecular formula is C30H31N3O5. The molecule has 1 saturated heterocycles. The second-order valence-electron chi connectivity index (χ2n) is 8.91. The highest BCUT2D eigenvalue weighted by atomic mass is 16.8. The maximum Gasteiger partial charge on any atom is 0.274 e. The van der Waals surface area contributed by atoms with E-state index in [1.165, 1.54) is 6.08 Å². The van der Waals surface area contributed by atoms with Crippen molar-refractivity contribution in [1.82, 2.24) is 10.8 Å². The van der Waals surface area contributed by atoms with E-state index >= 15 is 0 Å². The predicted molar refractivity (Wildman–Crippen MR) is 145 cm³/mol. The van der Waals surface area contributed by atoms with Crippen molar-refractivity contribution in [3.05, 3.63) is 108 Å². The minimum absolute atomic E-state index is 0.318. The van der Waals surface area contributed by atoms with Crippen molar-refractivity contribution in [2.24, 2.45) is 0 Å². The maximum atomic E-state index is 13.2. The number of hydroxylamine groups is 1. The molecule has 3 amide bonds. The lowest BCUT2D eigenvalue weighted by Gasteiger charge is -2.22. The molecule has 38 heavy (non-hydrogen) atoms. The Morgan fingerprint density at radius 2 is 1.63 bits per heavy atom. The number of amides is 3. The molecule has 1 fully saturated rings. The van der Waals surface area contributed by atoms with Gasteiger partial charge < -0.3 is 15.4 Å². The van der Waals surface area contributed by atoms with Gasteiger partial charge in [-0.3, -0.25) is 14.4 Å². The Morgan fingerprint density at radius 1 is 0.921 bits per heavy atom. The van der Waals surface area contributed by atoms with Crippen molar-refractivity contribution in [1.29, 1.82) is 0 Å². The first kappa shape index (κ1) is 26.8. The maximum absolute atomic E-state index is 13.2. The molecule has 0 bridgehead atoms. The van der Waals surface area contributed by atoms with Crippen LogP contribution < -0.4 is 16.1 Å². The summed E-state index contributed by atoms with van der Waals surface area (Å²) in [5.41, 5.74) is 5.08. The standard InChI is InChI=1S/C30H31N3O5/c34-27(19-14-22-9-3-1-4-10-22)32-26(21-23-11-5-2-6-12-23)30(36)31-25-17-15-24(16-18-25)29(35)33-38-28-13-7-8-20-37-28/h1-6,9-12,14-19,26,28H,7-8,13,20-21H2,(H,31,36)(H,32,34)(H,33,35)/b19-14+/t26-,28?/m0/s1. The largest absolute Gasteiger partial charge is 0.350 e. The van der Waals surface area contributed by atoms with E-state index in [9.17, 15) is 14.4 Å². The third-order valence-corrected chi connectivity index (χ3v) is 5.98. The van der Waals surface area contributed by atoms with Crippen molar-refractivity contribution in [3.8, 4) is 0 Å². The van der Waals surface area contributed by atoms with Crippen LogP contribution in [0.3, 0.4) is 0 Å². The highest BCUT2D eigenvalue weighted by Crippen LogP contribution is 2.14. The summed E-state index contributed by atoms with van der Waals surface area (Å²) in [6, 6.07) is 24.5. The predicted octanol–water partition coefficient (Wildman–Crippen LogP) is 4.25. The average molecular weight is 514 g/mol. The van der Waals surface area contributed by atoms with Gasteiger partial charge in [0.1, 0.15) is 6.04 Å². The molecule has 0 radical (unpaired) electrons. The summed E-state index contributed by atoms with van der Waals surface area (Å²) in [5, 5.41) is 5.63. The highest BCUT2D eigenvalue weighted by Gasteiger charge is 2.21. The average Bonchev–Trinajstić information content (AvgIpc) is 2.96. The van der Waals surface area contributed by atoms with Crippen molar-refractivity contribution in [2.75, 3.05) is 11.9 Å². The number of rotatable bonds is 10. The fourth-order valence-corrected chi connectivity index (χ4v) is 3.93. The topological polar surface area (TPSA) is 106 Å². The quantitative estimate of drug-likeness (QED) is 0.278. The van der Waals surface area contributed by atoms with Crippen molar-refractivity contribution in [3.63, 3.8) is 0 Å². The first-order valence-electron chi connectivity index (χ1n) is 12.6. The third kappa shape index (κ3) is 8.40. The molecule has 3 aromatic carbocycles. The number of carbonyl (C=O) groups is 3. The smallest absolute Gasteiger partial charge is 0.274 e. The molecule has 0 aliphatic carbocycles. The van der Waals surface area contributed by atoms with Crippen LogP contribution in [0.25, 0.3) is 6.08 Å². The summed E-state index contributed by atoms with van der Waals surface area (Å²) in [7, 11) is 0. The summed E-state index contributed by atoms with van der Waals surface area (Å²) >= 11 is 0. The number of ether oxygens (including phenoxy) is 1. The molecule has 0 saturated carbocycles. The minimum Gasteiger partial charge on any atom is -0.350 e. The Hall–Kier alpha value is -4.27. The van der Waals surface area contributed by atoms with E-state index in [-0.39, 0.29) is 11.8 Å². The summed E-state index contributed by atoms with van der Waals surface area (Å²) < 4.78 is 5.44. The van der Waals surface area contributed by atoms with Crippen LogP contribution in [-0.2, 0) is 25.6 Å². The molecule has 1 heterocycles. The lowest BCUT2D eigenvalue weighted by molar-refractivity contribution is -0.186. The van der Waals surface area contributed by atoms with Gasteiger partial charge in [0, 0.05) is 36.8 Å². The molecule has 1 unspecified atom stereocenters. The fraction of sp³-hybridized carbons (Fsp3) is 0.233. The van der Waals surface area contributed by atoms with Crippen LogP contribution in [0.15, 0.2) is 91.0 Å². The minimum atomic E-state index is -0.808. The van der Waals surface area contributed by atoms with Gasteiger partial charge >= 0.3 is 0 Å². The number of anilines is 1. The normalized spacial score (nSPS) is 15.9. The van der Waals surface area contributed by atoms with Crippen LogP contribution in [0, 0.1) is 0 Å². The van der Waals surface area contributed by atoms with E-state index in [4.69, 9.17) is 9.57 Å². The monoisotopic (exact) mass is 513 g/mol. The van der Waals surface area contributed by atoms with Gasteiger partial charge in [-0.15, -0.1) is 0 Å². The molecule has 0 aromatic heterocycles. The van der Waals surface area contributed by atoms with Gasteiger partial charge in [-0.1, -0.05) is 60.7 Å². The van der Waals surface area contributed by atoms with E-state index in [1.54, 1.807) is 30.3 Å². The van der Waals surface area contributed by atoms with Crippen LogP contribution in [0.1, 0.15) is 40.7 Å². The highest BCUT2D eigenvalue weighted by molar-refractivity contribution is 6.00. The van der Waals surface area contributed by atoms with E-state index in [0.717, 1.165) is 30.4 Å². The van der Waals surface area contributed by atoms with Crippen LogP contribution in [0.4, 0.5) is 5.69 Å². The molecule has 8 nitrogen and oxygen atoms in total. The first-order valence-corrected chi connectivity index (χ1v) is 12.6. The Kier molecular flexibility index (Phi) is 9.78. The lowest BCUT2D eigenvalue weighted by Crippen LogP contribution is -2.44. The molecule has 196 valence electrons. The molecule has 3 aromatic rings. The molecule has 8 heteroatoms. The zero-order valence-corrected chi connectivity index (χ0v) is 21.0. The summed E-state index contributed by atoms with van der Waals surface area (Å²) in [4.78, 5) is 43.5. The molecule has 0 spiro atoms. The van der Waals surface area contributed by atoms with E-state index in [0.29, 0.717) is 24.3 Å². The van der Waals surface area contributed by atoms with Crippen LogP contribution in [0.5, 0.6) is 0 Å². The van der Waals surface area contributed by atoms with Gasteiger partial charge in [-0.2, -0.15) is 0 Å². The number of nitrogens with one attached hydrogen (secondary N) is 3. The Labute approximate surface area is 222 Å². The number of carbonyl (C=O) groups excluding carboxylic acids is 3. The van der Waals surface area contributed by atoms with Gasteiger partial charge in [0.2, 0.25) is 11.8 Å². The van der Waals surface area contributed by atoms with Gasteiger partial charge in [0.05, 0.1) is 0 Å². The third-order valence-electron chi connectivity index (χ3n) is 5.98. The zero-order chi connectivity index (χ0) is 26.6. The van der Waals surface area contributed by atoms with E-state index in [2.05, 4.69) is 16.1 Å². The van der Waals surface area contributed by atoms with Crippen molar-refractivity contribution in [2.45, 2.75) is 38.0 Å². The molecule has 4 rings (SSSR count). The molecule has 1 aliphatic heterocycles. The van der Waals surface area contributed by atoms with Crippen LogP contribution >= 0.6 is 0 Å². The van der Waals surface area contributed by atoms with Crippen LogP contribution in [-0.4, -0.2) is 36.7 Å². The Bertz CT molecular complexity index is 1220. The SMILES string of the molecule is O=C(/C=C/c1ccccc1)N[C@@H](Cc1ccccc1)C(=O)Nc1ccc(C(=O)NOC2CCCCO2)cc1. The molecule has 1 aliphatic rings.